The van der Waals surface area contributed by atoms with Crippen LogP contribution in [0.4, 0.5) is 4.39 Å². The number of likely N-dealkylation sites (N-methyl/N-ethyl adjacent to an activating group) is 1. The molecule has 0 amide bonds. The van der Waals surface area contributed by atoms with Crippen molar-refractivity contribution in [3.05, 3.63) is 29.0 Å². The molecule has 19 heavy (non-hydrogen) atoms. The first-order valence-corrected chi connectivity index (χ1v) is 7.00. The topological polar surface area (TPSA) is 30.5 Å². The molecule has 0 heterocycles. The largest absolute Gasteiger partial charge is 0.483 e. The van der Waals surface area contributed by atoms with Crippen molar-refractivity contribution in [3.63, 3.8) is 0 Å². The number of para-hydroxylation sites is 1. The molecule has 3 atom stereocenters. The molecule has 1 fully saturated rings. The van der Waals surface area contributed by atoms with Crippen LogP contribution < -0.4 is 10.1 Å². The van der Waals surface area contributed by atoms with Crippen molar-refractivity contribution in [1.82, 2.24) is 5.32 Å². The molecule has 1 aromatic carbocycles. The molecule has 3 unspecified atom stereocenters. The highest BCUT2D eigenvalue weighted by Gasteiger charge is 2.43. The van der Waals surface area contributed by atoms with Crippen molar-refractivity contribution in [3.8, 4) is 5.75 Å². The summed E-state index contributed by atoms with van der Waals surface area (Å²) in [6.45, 7) is 5.47. The lowest BCUT2D eigenvalue weighted by Crippen LogP contribution is -2.61. The van der Waals surface area contributed by atoms with E-state index in [9.17, 15) is 4.39 Å². The maximum Gasteiger partial charge on any atom is 0.174 e. The molecule has 3 nitrogen and oxygen atoms in total. The van der Waals surface area contributed by atoms with Crippen LogP contribution in [0.3, 0.4) is 0 Å². The van der Waals surface area contributed by atoms with Crippen LogP contribution in [0, 0.1) is 5.82 Å². The second-order valence-electron chi connectivity index (χ2n) is 4.53. The van der Waals surface area contributed by atoms with E-state index < -0.39 is 5.82 Å². The van der Waals surface area contributed by atoms with Crippen LogP contribution in [-0.2, 0) is 4.74 Å². The molecule has 5 heteroatoms. The molecular formula is C14H19ClFNO2. The van der Waals surface area contributed by atoms with E-state index in [0.29, 0.717) is 11.6 Å². The maximum absolute atomic E-state index is 13.7. The second kappa shape index (κ2) is 6.55. The van der Waals surface area contributed by atoms with E-state index in [-0.39, 0.29) is 24.0 Å². The highest BCUT2D eigenvalue weighted by molar-refractivity contribution is 6.32. The van der Waals surface area contributed by atoms with Crippen LogP contribution >= 0.6 is 11.6 Å². The van der Waals surface area contributed by atoms with E-state index in [1.165, 1.54) is 6.07 Å². The van der Waals surface area contributed by atoms with Crippen molar-refractivity contribution in [2.45, 2.75) is 38.5 Å². The Morgan fingerprint density at radius 1 is 1.42 bits per heavy atom. The fraction of sp³-hybridized carbons (Fsp3) is 0.571. The Bertz CT molecular complexity index is 410. The predicted molar refractivity (Wildman–Crippen MR) is 73.3 cm³/mol. The molecule has 106 valence electrons. The lowest BCUT2D eigenvalue weighted by Gasteiger charge is -2.44. The van der Waals surface area contributed by atoms with Crippen molar-refractivity contribution >= 4 is 11.6 Å². The third kappa shape index (κ3) is 3.19. The van der Waals surface area contributed by atoms with Crippen LogP contribution in [0.5, 0.6) is 5.75 Å². The van der Waals surface area contributed by atoms with Gasteiger partial charge in [-0.3, -0.25) is 0 Å². The minimum absolute atomic E-state index is 0.0550. The lowest BCUT2D eigenvalue weighted by molar-refractivity contribution is -0.105. The van der Waals surface area contributed by atoms with Crippen molar-refractivity contribution in [2.75, 3.05) is 13.2 Å². The summed E-state index contributed by atoms with van der Waals surface area (Å²) in [7, 11) is 0. The summed E-state index contributed by atoms with van der Waals surface area (Å²) in [6.07, 6.45) is 0.586. The summed E-state index contributed by atoms with van der Waals surface area (Å²) in [5.74, 6) is -0.316. The normalized spacial score (nSPS) is 26.0. The molecular weight excluding hydrogens is 269 g/mol. The molecule has 0 aromatic heterocycles. The number of halogens is 2. The Morgan fingerprint density at radius 3 is 2.84 bits per heavy atom. The van der Waals surface area contributed by atoms with E-state index in [1.807, 2.05) is 13.8 Å². The second-order valence-corrected chi connectivity index (χ2v) is 4.93. The molecule has 1 saturated carbocycles. The van der Waals surface area contributed by atoms with Gasteiger partial charge in [-0.05, 0) is 25.6 Å². The van der Waals surface area contributed by atoms with Crippen LogP contribution in [0.25, 0.3) is 0 Å². The van der Waals surface area contributed by atoms with Crippen molar-refractivity contribution in [1.29, 1.82) is 0 Å². The number of nitrogens with one attached hydrogen (secondary N) is 1. The van der Waals surface area contributed by atoms with Gasteiger partial charge in [-0.2, -0.15) is 0 Å². The van der Waals surface area contributed by atoms with Crippen molar-refractivity contribution in [2.24, 2.45) is 0 Å². The molecule has 0 saturated heterocycles. The average molecular weight is 288 g/mol. The highest BCUT2D eigenvalue weighted by atomic mass is 35.5. The summed E-state index contributed by atoms with van der Waals surface area (Å²) < 4.78 is 25.0. The standard InChI is InChI=1S/C14H19ClFNO2/c1-3-17-11-8-12(14(11)18-4-2)19-13-9(15)6-5-7-10(13)16/h5-7,11-12,14,17H,3-4,8H2,1-2H3. The first-order chi connectivity index (χ1) is 9.17. The van der Waals surface area contributed by atoms with Crippen LogP contribution in [0.15, 0.2) is 18.2 Å². The maximum atomic E-state index is 13.7. The monoisotopic (exact) mass is 287 g/mol. The van der Waals surface area contributed by atoms with Gasteiger partial charge in [0.25, 0.3) is 0 Å². The molecule has 0 bridgehead atoms. The van der Waals surface area contributed by atoms with E-state index >= 15 is 0 Å². The van der Waals surface area contributed by atoms with E-state index in [1.54, 1.807) is 12.1 Å². The lowest BCUT2D eigenvalue weighted by atomic mass is 9.85. The Balaban J connectivity index is 2.03. The molecule has 1 aromatic rings. The summed E-state index contributed by atoms with van der Waals surface area (Å²) in [4.78, 5) is 0. The third-order valence-corrected chi connectivity index (χ3v) is 3.56. The third-order valence-electron chi connectivity index (χ3n) is 3.26. The zero-order valence-corrected chi connectivity index (χ0v) is 11.9. The molecule has 0 spiro atoms. The summed E-state index contributed by atoms with van der Waals surface area (Å²) in [5, 5.41) is 3.62. The average Bonchev–Trinajstić information content (AvgIpc) is 2.38. The summed E-state index contributed by atoms with van der Waals surface area (Å²) in [6, 6.07) is 4.79. The zero-order valence-electron chi connectivity index (χ0n) is 11.2. The first-order valence-electron chi connectivity index (χ1n) is 6.63. The van der Waals surface area contributed by atoms with Gasteiger partial charge >= 0.3 is 0 Å². The summed E-state index contributed by atoms with van der Waals surface area (Å²) in [5.41, 5.74) is 0. The molecule has 1 N–H and O–H groups in total. The van der Waals surface area contributed by atoms with Gasteiger partial charge in [0.05, 0.1) is 5.02 Å². The first kappa shape index (κ1) is 14.6. The van der Waals surface area contributed by atoms with Gasteiger partial charge in [0.15, 0.2) is 11.6 Å². The minimum Gasteiger partial charge on any atom is -0.483 e. The summed E-state index contributed by atoms with van der Waals surface area (Å²) >= 11 is 5.96. The predicted octanol–water partition coefficient (Wildman–Crippen LogP) is 3.01. The van der Waals surface area contributed by atoms with Gasteiger partial charge in [0.1, 0.15) is 12.2 Å². The number of hydrogen-bond acceptors (Lipinski definition) is 3. The fourth-order valence-electron chi connectivity index (χ4n) is 2.32. The molecule has 1 aliphatic rings. The van der Waals surface area contributed by atoms with E-state index in [2.05, 4.69) is 5.32 Å². The van der Waals surface area contributed by atoms with Crippen LogP contribution in [-0.4, -0.2) is 31.4 Å². The van der Waals surface area contributed by atoms with Gasteiger partial charge in [0.2, 0.25) is 0 Å². The number of hydrogen-bond donors (Lipinski definition) is 1. The quantitative estimate of drug-likeness (QED) is 0.872. The number of benzene rings is 1. The molecule has 0 aliphatic heterocycles. The van der Waals surface area contributed by atoms with E-state index in [0.717, 1.165) is 13.0 Å². The van der Waals surface area contributed by atoms with Crippen molar-refractivity contribution < 1.29 is 13.9 Å². The SMILES string of the molecule is CCNC1CC(Oc2c(F)cccc2Cl)C1OCC. The smallest absolute Gasteiger partial charge is 0.174 e. The molecule has 0 radical (unpaired) electrons. The molecule has 2 rings (SSSR count). The van der Waals surface area contributed by atoms with Gasteiger partial charge in [-0.15, -0.1) is 0 Å². The zero-order chi connectivity index (χ0) is 13.8. The van der Waals surface area contributed by atoms with E-state index in [4.69, 9.17) is 21.1 Å². The van der Waals surface area contributed by atoms with Gasteiger partial charge < -0.3 is 14.8 Å². The van der Waals surface area contributed by atoms with Gasteiger partial charge in [-0.25, -0.2) is 4.39 Å². The van der Waals surface area contributed by atoms with Crippen LogP contribution in [0.1, 0.15) is 20.3 Å². The Kier molecular flexibility index (Phi) is 5.02. The van der Waals surface area contributed by atoms with Gasteiger partial charge in [-0.1, -0.05) is 24.6 Å². The Labute approximate surface area is 118 Å². The Morgan fingerprint density at radius 2 is 2.21 bits per heavy atom. The van der Waals surface area contributed by atoms with Crippen LogP contribution in [0.2, 0.25) is 5.02 Å². The fourth-order valence-corrected chi connectivity index (χ4v) is 2.53. The Hall–Kier alpha value is -0.840. The number of ether oxygens (including phenoxy) is 2. The number of rotatable bonds is 6. The molecule has 1 aliphatic carbocycles. The minimum atomic E-state index is -0.436. The highest BCUT2D eigenvalue weighted by Crippen LogP contribution is 2.34. The van der Waals surface area contributed by atoms with Gasteiger partial charge in [0, 0.05) is 19.1 Å².